The number of carbonyl (C=O) groups excluding carboxylic acids is 1. The molecule has 1 heterocycles. The monoisotopic (exact) mass is 471 g/mol. The fourth-order valence-electron chi connectivity index (χ4n) is 5.65. The van der Waals surface area contributed by atoms with E-state index in [-0.39, 0.29) is 36.0 Å². The number of hydrogen-bond acceptors (Lipinski definition) is 3. The first-order chi connectivity index (χ1) is 11.9. The SMILES string of the molecule is C[N+]1(C)CC2CCC1[C@H]2OC(=O)[C@](O)(c1ccccc1)C1CCCC1.[I-]. The van der Waals surface area contributed by atoms with E-state index in [2.05, 4.69) is 14.1 Å². The van der Waals surface area contributed by atoms with Gasteiger partial charge in [0.2, 0.25) is 0 Å². The third-order valence-electron chi connectivity index (χ3n) is 6.99. The minimum absolute atomic E-state index is 0. The van der Waals surface area contributed by atoms with E-state index in [9.17, 15) is 9.90 Å². The van der Waals surface area contributed by atoms with Crippen molar-refractivity contribution in [2.75, 3.05) is 20.6 Å². The van der Waals surface area contributed by atoms with E-state index >= 15 is 0 Å². The Hall–Kier alpha value is -0.660. The molecule has 0 aromatic heterocycles. The number of quaternary nitrogens is 1. The van der Waals surface area contributed by atoms with E-state index in [1.165, 1.54) is 0 Å². The van der Waals surface area contributed by atoms with E-state index < -0.39 is 11.6 Å². The van der Waals surface area contributed by atoms with Crippen LogP contribution in [0.5, 0.6) is 0 Å². The summed E-state index contributed by atoms with van der Waals surface area (Å²) >= 11 is 0. The van der Waals surface area contributed by atoms with Crippen LogP contribution in [-0.2, 0) is 15.1 Å². The van der Waals surface area contributed by atoms with Crippen LogP contribution in [0.2, 0.25) is 0 Å². The largest absolute Gasteiger partial charge is 1.00 e. The van der Waals surface area contributed by atoms with E-state index in [0.29, 0.717) is 17.5 Å². The molecule has 0 amide bonds. The van der Waals surface area contributed by atoms with Crippen LogP contribution in [0, 0.1) is 11.8 Å². The quantitative estimate of drug-likeness (QED) is 0.378. The summed E-state index contributed by atoms with van der Waals surface area (Å²) in [6.45, 7) is 1.07. The van der Waals surface area contributed by atoms with Gasteiger partial charge in [-0.1, -0.05) is 43.2 Å². The van der Waals surface area contributed by atoms with Gasteiger partial charge >= 0.3 is 5.97 Å². The Labute approximate surface area is 173 Å². The van der Waals surface area contributed by atoms with Crippen LogP contribution >= 0.6 is 0 Å². The van der Waals surface area contributed by atoms with Crippen LogP contribution in [-0.4, -0.2) is 48.3 Å². The van der Waals surface area contributed by atoms with Gasteiger partial charge in [-0.05, 0) is 24.8 Å². The second kappa shape index (κ2) is 7.40. The van der Waals surface area contributed by atoms with Crippen LogP contribution in [0.25, 0.3) is 0 Å². The van der Waals surface area contributed by atoms with E-state index in [1.807, 2.05) is 30.3 Å². The van der Waals surface area contributed by atoms with Gasteiger partial charge in [-0.3, -0.25) is 0 Å². The van der Waals surface area contributed by atoms with Crippen molar-refractivity contribution >= 4 is 5.97 Å². The molecule has 2 unspecified atom stereocenters. The number of esters is 1. The zero-order chi connectivity index (χ0) is 17.7. The lowest BCUT2D eigenvalue weighted by molar-refractivity contribution is -0.908. The molecule has 2 saturated carbocycles. The van der Waals surface area contributed by atoms with Crippen LogP contribution < -0.4 is 24.0 Å². The van der Waals surface area contributed by atoms with Crippen LogP contribution in [0.4, 0.5) is 0 Å². The van der Waals surface area contributed by atoms with Crippen LogP contribution in [0.3, 0.4) is 0 Å². The standard InChI is InChI=1S/C21H30NO3.HI/c1-22(2)14-15-12-13-18(22)19(15)25-20(23)21(24,17-10-6-7-11-17)16-8-4-3-5-9-16;/h3-5,8-9,15,17-19,24H,6-7,10-14H2,1-2H3;1H/q+1;/p-1/t15?,18?,19-,21-;/m0./s1. The maximum absolute atomic E-state index is 13.3. The average molecular weight is 471 g/mol. The molecule has 4 nitrogen and oxygen atoms in total. The first-order valence-electron chi connectivity index (χ1n) is 9.74. The number of rotatable bonds is 4. The summed E-state index contributed by atoms with van der Waals surface area (Å²) in [4.78, 5) is 13.3. The summed E-state index contributed by atoms with van der Waals surface area (Å²) in [7, 11) is 4.45. The molecule has 4 atom stereocenters. The lowest BCUT2D eigenvalue weighted by atomic mass is 9.80. The van der Waals surface area contributed by atoms with Gasteiger partial charge in [-0.2, -0.15) is 0 Å². The topological polar surface area (TPSA) is 46.5 Å². The normalized spacial score (nSPS) is 32.0. The summed E-state index contributed by atoms with van der Waals surface area (Å²) < 4.78 is 6.99. The average Bonchev–Trinajstić information content (AvgIpc) is 3.30. The Kier molecular flexibility index (Phi) is 5.71. The lowest BCUT2D eigenvalue weighted by Gasteiger charge is -2.35. The predicted molar refractivity (Wildman–Crippen MR) is 95.7 cm³/mol. The van der Waals surface area contributed by atoms with Gasteiger partial charge in [-0.25, -0.2) is 4.79 Å². The molecule has 1 aromatic rings. The number of likely N-dealkylation sites (N-methyl/N-ethyl adjacent to an activating group) is 1. The van der Waals surface area contributed by atoms with Crippen molar-refractivity contribution in [3.05, 3.63) is 35.9 Å². The molecule has 4 rings (SSSR count). The number of halogens is 1. The summed E-state index contributed by atoms with van der Waals surface area (Å²) in [5.74, 6) is -0.0223. The fourth-order valence-corrected chi connectivity index (χ4v) is 5.65. The molecule has 2 aliphatic carbocycles. The number of carbonyl (C=O) groups is 1. The first kappa shape index (κ1) is 20.1. The molecule has 1 aliphatic heterocycles. The number of fused-ring (bicyclic) bond motifs is 2. The summed E-state index contributed by atoms with van der Waals surface area (Å²) in [5, 5.41) is 11.6. The second-order valence-electron chi connectivity index (χ2n) is 8.85. The number of likely N-dealkylation sites (tertiary alicyclic amines) is 1. The van der Waals surface area contributed by atoms with E-state index in [4.69, 9.17) is 4.74 Å². The number of ether oxygens (including phenoxy) is 1. The maximum Gasteiger partial charge on any atom is 0.343 e. The molecule has 1 aromatic carbocycles. The number of nitrogens with zero attached hydrogens (tertiary/aromatic N) is 1. The number of aliphatic hydroxyl groups is 1. The third-order valence-corrected chi connectivity index (χ3v) is 6.99. The lowest BCUT2D eigenvalue weighted by Crippen LogP contribution is -3.00. The van der Waals surface area contributed by atoms with Crippen molar-refractivity contribution in [3.63, 3.8) is 0 Å². The Balaban J connectivity index is 0.00000196. The smallest absolute Gasteiger partial charge is 0.343 e. The number of piperidine rings is 1. The molecule has 5 heteroatoms. The molecule has 1 N–H and O–H groups in total. The number of hydrogen-bond donors (Lipinski definition) is 1. The molecule has 144 valence electrons. The Morgan fingerprint density at radius 2 is 1.77 bits per heavy atom. The minimum atomic E-state index is -1.50. The van der Waals surface area contributed by atoms with E-state index in [1.54, 1.807) is 0 Å². The van der Waals surface area contributed by atoms with Gasteiger partial charge < -0.3 is 38.3 Å². The van der Waals surface area contributed by atoms with Gasteiger partial charge in [0, 0.05) is 12.3 Å². The predicted octanol–water partition coefficient (Wildman–Crippen LogP) is -0.151. The second-order valence-corrected chi connectivity index (χ2v) is 8.85. The third kappa shape index (κ3) is 3.20. The van der Waals surface area contributed by atoms with Crippen molar-refractivity contribution < 1.29 is 43.1 Å². The molecular formula is C21H30INO3. The van der Waals surface area contributed by atoms with Crippen LogP contribution in [0.1, 0.15) is 44.1 Å². The Morgan fingerprint density at radius 3 is 2.31 bits per heavy atom. The van der Waals surface area contributed by atoms with Crippen molar-refractivity contribution in [2.24, 2.45) is 11.8 Å². The highest BCUT2D eigenvalue weighted by molar-refractivity contribution is 5.82. The Bertz CT molecular complexity index is 644. The molecule has 0 spiro atoms. The highest BCUT2D eigenvalue weighted by atomic mass is 127. The highest BCUT2D eigenvalue weighted by Crippen LogP contribution is 2.46. The van der Waals surface area contributed by atoms with Crippen molar-refractivity contribution in [1.82, 2.24) is 0 Å². The molecule has 26 heavy (non-hydrogen) atoms. The molecule has 3 fully saturated rings. The summed E-state index contributed by atoms with van der Waals surface area (Å²) in [6, 6.07) is 9.80. The molecule has 3 aliphatic rings. The van der Waals surface area contributed by atoms with Gasteiger partial charge in [0.15, 0.2) is 11.7 Å². The minimum Gasteiger partial charge on any atom is -1.00 e. The molecule has 2 bridgehead atoms. The zero-order valence-corrected chi connectivity index (χ0v) is 17.9. The van der Waals surface area contributed by atoms with E-state index in [0.717, 1.165) is 49.6 Å². The van der Waals surface area contributed by atoms with Gasteiger partial charge in [0.05, 0.1) is 26.6 Å². The molecular weight excluding hydrogens is 441 g/mol. The maximum atomic E-state index is 13.3. The van der Waals surface area contributed by atoms with Crippen LogP contribution in [0.15, 0.2) is 30.3 Å². The fraction of sp³-hybridized carbons (Fsp3) is 0.667. The molecule has 1 saturated heterocycles. The molecule has 0 radical (unpaired) electrons. The number of benzene rings is 1. The van der Waals surface area contributed by atoms with Gasteiger partial charge in [0.1, 0.15) is 6.04 Å². The highest BCUT2D eigenvalue weighted by Gasteiger charge is 2.58. The van der Waals surface area contributed by atoms with Gasteiger partial charge in [-0.15, -0.1) is 0 Å². The zero-order valence-electron chi connectivity index (χ0n) is 15.7. The van der Waals surface area contributed by atoms with Crippen molar-refractivity contribution in [1.29, 1.82) is 0 Å². The summed E-state index contributed by atoms with van der Waals surface area (Å²) in [6.07, 6.45) is 6.13. The van der Waals surface area contributed by atoms with Crippen molar-refractivity contribution in [2.45, 2.75) is 56.3 Å². The van der Waals surface area contributed by atoms with Gasteiger partial charge in [0.25, 0.3) is 0 Å². The summed E-state index contributed by atoms with van der Waals surface area (Å²) in [5.41, 5.74) is -0.817. The van der Waals surface area contributed by atoms with Crippen molar-refractivity contribution in [3.8, 4) is 0 Å². The Morgan fingerprint density at radius 1 is 1.12 bits per heavy atom. The first-order valence-corrected chi connectivity index (χ1v) is 9.74.